The summed E-state index contributed by atoms with van der Waals surface area (Å²) in [5.41, 5.74) is 0.555. The van der Waals surface area contributed by atoms with E-state index in [0.717, 1.165) is 58.2 Å². The lowest BCUT2D eigenvalue weighted by Crippen LogP contribution is -2.53. The minimum absolute atomic E-state index is 0.000720. The molecule has 1 aliphatic carbocycles. The topological polar surface area (TPSA) is 73.9 Å². The Hall–Kier alpha value is -1.14. The van der Waals surface area contributed by atoms with Gasteiger partial charge >= 0.3 is 11.9 Å². The van der Waals surface area contributed by atoms with Gasteiger partial charge in [0.2, 0.25) is 0 Å². The summed E-state index contributed by atoms with van der Waals surface area (Å²) in [6, 6.07) is 1.29. The molecular weight excluding hydrogens is 707 g/mol. The van der Waals surface area contributed by atoms with Crippen molar-refractivity contribution in [1.82, 2.24) is 5.32 Å². The highest BCUT2D eigenvalue weighted by Gasteiger charge is 2.45. The van der Waals surface area contributed by atoms with Gasteiger partial charge in [-0.2, -0.15) is 0 Å². The van der Waals surface area contributed by atoms with Crippen LogP contribution in [0.3, 0.4) is 0 Å². The van der Waals surface area contributed by atoms with Crippen molar-refractivity contribution < 1.29 is 23.8 Å². The summed E-state index contributed by atoms with van der Waals surface area (Å²) >= 11 is 0. The molecule has 0 amide bonds. The predicted octanol–water partition coefficient (Wildman–Crippen LogP) is 15.1. The van der Waals surface area contributed by atoms with Crippen LogP contribution in [-0.4, -0.2) is 49.9 Å². The fourth-order valence-corrected chi connectivity index (χ4v) is 9.47. The van der Waals surface area contributed by atoms with E-state index in [0.29, 0.717) is 36.9 Å². The van der Waals surface area contributed by atoms with Crippen LogP contribution in [0.2, 0.25) is 0 Å². The van der Waals surface area contributed by atoms with Gasteiger partial charge in [-0.3, -0.25) is 9.59 Å². The summed E-state index contributed by atoms with van der Waals surface area (Å²) in [6.07, 6.45) is 47.0. The SMILES string of the molecule is CCCCCCCCCOC(=O)CCCCCCCC(CCCCCCCC(=O)OC(CCCCCCCC)CCCCCCCC)NC1CC2(CCOCC2)C1. The maximum Gasteiger partial charge on any atom is 0.306 e. The molecule has 6 nitrogen and oxygen atoms in total. The van der Waals surface area contributed by atoms with Gasteiger partial charge in [-0.25, -0.2) is 0 Å². The molecule has 2 rings (SSSR count). The summed E-state index contributed by atoms with van der Waals surface area (Å²) in [7, 11) is 0. The maximum absolute atomic E-state index is 12.9. The Kier molecular flexibility index (Phi) is 33.5. The smallest absolute Gasteiger partial charge is 0.306 e. The summed E-state index contributed by atoms with van der Waals surface area (Å²) in [5, 5.41) is 4.11. The van der Waals surface area contributed by atoms with Gasteiger partial charge in [0.25, 0.3) is 0 Å². The molecule has 1 aliphatic heterocycles. The zero-order valence-electron chi connectivity index (χ0n) is 38.5. The Morgan fingerprint density at radius 2 is 0.930 bits per heavy atom. The van der Waals surface area contributed by atoms with Crippen molar-refractivity contribution in [3.05, 3.63) is 0 Å². The lowest BCUT2D eigenvalue weighted by atomic mass is 9.61. The third kappa shape index (κ3) is 28.9. The Morgan fingerprint density at radius 3 is 1.42 bits per heavy atom. The minimum atomic E-state index is -0.000720. The van der Waals surface area contributed by atoms with E-state index in [-0.39, 0.29) is 18.0 Å². The van der Waals surface area contributed by atoms with Gasteiger partial charge in [0.15, 0.2) is 0 Å². The van der Waals surface area contributed by atoms with Gasteiger partial charge in [-0.15, -0.1) is 0 Å². The average molecular weight is 804 g/mol. The number of hydrogen-bond acceptors (Lipinski definition) is 6. The van der Waals surface area contributed by atoms with Crippen LogP contribution in [0.4, 0.5) is 0 Å². The van der Waals surface area contributed by atoms with Crippen molar-refractivity contribution in [1.29, 1.82) is 0 Å². The van der Waals surface area contributed by atoms with Crippen LogP contribution >= 0.6 is 0 Å². The second kappa shape index (κ2) is 36.7. The molecule has 1 atom stereocenters. The van der Waals surface area contributed by atoms with Crippen molar-refractivity contribution in [3.63, 3.8) is 0 Å². The molecule has 0 aromatic rings. The molecule has 2 fully saturated rings. The lowest BCUT2D eigenvalue weighted by molar-refractivity contribution is -0.150. The van der Waals surface area contributed by atoms with E-state index in [2.05, 4.69) is 26.1 Å². The molecule has 0 radical (unpaired) electrons. The number of rotatable bonds is 41. The molecule has 1 N–H and O–H groups in total. The molecule has 6 heteroatoms. The van der Waals surface area contributed by atoms with Gasteiger partial charge in [-0.05, 0) is 88.9 Å². The summed E-state index contributed by atoms with van der Waals surface area (Å²) in [4.78, 5) is 25.0. The zero-order valence-corrected chi connectivity index (χ0v) is 38.5. The Balaban J connectivity index is 1.60. The average Bonchev–Trinajstić information content (AvgIpc) is 3.20. The predicted molar refractivity (Wildman–Crippen MR) is 242 cm³/mol. The monoisotopic (exact) mass is 804 g/mol. The van der Waals surface area contributed by atoms with Crippen molar-refractivity contribution in [2.24, 2.45) is 5.41 Å². The molecule has 0 aromatic heterocycles. The molecule has 1 saturated carbocycles. The van der Waals surface area contributed by atoms with E-state index < -0.39 is 0 Å². The molecule has 336 valence electrons. The first-order valence-electron chi connectivity index (χ1n) is 25.7. The number of nitrogens with one attached hydrogen (secondary N) is 1. The number of hydrogen-bond donors (Lipinski definition) is 1. The van der Waals surface area contributed by atoms with Crippen molar-refractivity contribution >= 4 is 11.9 Å². The Labute approximate surface area is 354 Å². The highest BCUT2D eigenvalue weighted by Crippen LogP contribution is 2.49. The first-order chi connectivity index (χ1) is 28.0. The van der Waals surface area contributed by atoms with E-state index in [1.807, 2.05) is 0 Å². The van der Waals surface area contributed by atoms with Crippen LogP contribution in [-0.2, 0) is 23.8 Å². The number of esters is 2. The fraction of sp³-hybridized carbons (Fsp3) is 0.961. The summed E-state index contributed by atoms with van der Waals surface area (Å²) < 4.78 is 17.3. The third-order valence-corrected chi connectivity index (χ3v) is 13.3. The molecule has 1 saturated heterocycles. The number of carbonyl (C=O) groups is 2. The molecule has 1 spiro atoms. The Morgan fingerprint density at radius 1 is 0.526 bits per heavy atom. The quantitative estimate of drug-likeness (QED) is 0.0490. The Bertz CT molecular complexity index is 895. The van der Waals surface area contributed by atoms with Crippen LogP contribution in [0.15, 0.2) is 0 Å². The molecular formula is C51H97NO5. The molecule has 0 bridgehead atoms. The largest absolute Gasteiger partial charge is 0.466 e. The minimum Gasteiger partial charge on any atom is -0.466 e. The number of unbranched alkanes of at least 4 members (excludes halogenated alkanes) is 24. The molecule has 1 unspecified atom stereocenters. The second-order valence-corrected chi connectivity index (χ2v) is 18.8. The van der Waals surface area contributed by atoms with Crippen LogP contribution in [0.25, 0.3) is 0 Å². The second-order valence-electron chi connectivity index (χ2n) is 18.8. The van der Waals surface area contributed by atoms with Gasteiger partial charge in [0, 0.05) is 38.1 Å². The van der Waals surface area contributed by atoms with Crippen molar-refractivity contribution in [2.75, 3.05) is 19.8 Å². The first kappa shape index (κ1) is 52.0. The van der Waals surface area contributed by atoms with Crippen molar-refractivity contribution in [2.45, 2.75) is 289 Å². The fourth-order valence-electron chi connectivity index (χ4n) is 9.47. The highest BCUT2D eigenvalue weighted by molar-refractivity contribution is 5.69. The van der Waals surface area contributed by atoms with Crippen LogP contribution in [0.1, 0.15) is 271 Å². The molecule has 57 heavy (non-hydrogen) atoms. The molecule has 0 aromatic carbocycles. The normalized spacial score (nSPS) is 15.9. The summed E-state index contributed by atoms with van der Waals surface area (Å²) in [5.74, 6) is 0.0435. The van der Waals surface area contributed by atoms with Crippen LogP contribution in [0, 0.1) is 5.41 Å². The van der Waals surface area contributed by atoms with E-state index in [1.165, 1.54) is 193 Å². The number of ether oxygens (including phenoxy) is 3. The van der Waals surface area contributed by atoms with Crippen molar-refractivity contribution in [3.8, 4) is 0 Å². The van der Waals surface area contributed by atoms with Gasteiger partial charge in [-0.1, -0.05) is 175 Å². The van der Waals surface area contributed by atoms with Crippen LogP contribution in [0.5, 0.6) is 0 Å². The summed E-state index contributed by atoms with van der Waals surface area (Å²) in [6.45, 7) is 9.30. The van der Waals surface area contributed by atoms with E-state index in [1.54, 1.807) is 0 Å². The van der Waals surface area contributed by atoms with E-state index in [4.69, 9.17) is 14.2 Å². The molecule has 2 aliphatic rings. The standard InChI is InChI=1S/C51H97NO5/c1-4-7-10-13-16-25-32-41-56-49(53)37-30-23-17-19-26-33-46(52-47-44-51(45-47)39-42-55-43-40-51)34-27-20-18-24-31-38-50(54)57-48(35-28-21-14-11-8-5-2)36-29-22-15-12-9-6-3/h46-48,52H,4-45H2,1-3H3. The first-order valence-corrected chi connectivity index (χ1v) is 25.7. The number of carbonyl (C=O) groups excluding carboxylic acids is 2. The van der Waals surface area contributed by atoms with Gasteiger partial charge < -0.3 is 19.5 Å². The van der Waals surface area contributed by atoms with E-state index in [9.17, 15) is 9.59 Å². The van der Waals surface area contributed by atoms with Gasteiger partial charge in [0.1, 0.15) is 6.10 Å². The van der Waals surface area contributed by atoms with Gasteiger partial charge in [0.05, 0.1) is 6.61 Å². The van der Waals surface area contributed by atoms with E-state index >= 15 is 0 Å². The third-order valence-electron chi connectivity index (χ3n) is 13.3. The lowest BCUT2D eigenvalue weighted by Gasteiger charge is -2.51. The zero-order chi connectivity index (χ0) is 40.9. The molecule has 1 heterocycles. The highest BCUT2D eigenvalue weighted by atomic mass is 16.5. The van der Waals surface area contributed by atoms with Crippen LogP contribution < -0.4 is 5.32 Å². The maximum atomic E-state index is 12.9.